The van der Waals surface area contributed by atoms with Crippen molar-refractivity contribution in [1.29, 1.82) is 0 Å². The van der Waals surface area contributed by atoms with Crippen LogP contribution in [0.15, 0.2) is 17.1 Å². The van der Waals surface area contributed by atoms with Gasteiger partial charge in [0.1, 0.15) is 7.05 Å². The van der Waals surface area contributed by atoms with Crippen LogP contribution in [0.1, 0.15) is 38.8 Å². The molecule has 0 atom stereocenters. The van der Waals surface area contributed by atoms with Crippen molar-refractivity contribution >= 4 is 181 Å². The third-order valence-corrected chi connectivity index (χ3v) is 15.9. The summed E-state index contributed by atoms with van der Waals surface area (Å²) in [4.78, 5) is 6.49. The molecule has 0 N–H and O–H groups in total. The summed E-state index contributed by atoms with van der Waals surface area (Å²) in [6.07, 6.45) is 1.03. The lowest BCUT2D eigenvalue weighted by atomic mass is 9.82. The lowest BCUT2D eigenvalue weighted by Gasteiger charge is -2.17. The first-order valence-corrected chi connectivity index (χ1v) is 17.8. The molecule has 0 spiro atoms. The Hall–Kier alpha value is 3.62. The summed E-state index contributed by atoms with van der Waals surface area (Å²) in [5.41, 5.74) is 8.25. The SMILES string of the molecule is CC1=Nc2cc(I)c(I)c(I)c2C1.CC1=[N+](C)c2cc(I)c(I)c(I)c2C1(C)C.CI.[I-]. The van der Waals surface area contributed by atoms with Gasteiger partial charge < -0.3 is 24.0 Å². The van der Waals surface area contributed by atoms with Crippen LogP contribution in [-0.4, -0.2) is 28.0 Å². The summed E-state index contributed by atoms with van der Waals surface area (Å²) in [6, 6.07) is 4.48. The highest BCUT2D eigenvalue weighted by Crippen LogP contribution is 2.44. The van der Waals surface area contributed by atoms with Crippen molar-refractivity contribution in [3.63, 3.8) is 0 Å². The van der Waals surface area contributed by atoms with Gasteiger partial charge >= 0.3 is 0 Å². The molecule has 0 aromatic heterocycles. The molecule has 10 heteroatoms. The van der Waals surface area contributed by atoms with Crippen LogP contribution in [0.2, 0.25) is 0 Å². The first-order chi connectivity index (χ1) is 14.4. The third-order valence-electron chi connectivity index (χ3n) is 5.52. The van der Waals surface area contributed by atoms with Crippen molar-refractivity contribution in [3.05, 3.63) is 44.7 Å². The Morgan fingerprint density at radius 2 is 1.34 bits per heavy atom. The Labute approximate surface area is 304 Å². The summed E-state index contributed by atoms with van der Waals surface area (Å²) in [5, 5.41) is 0. The minimum Gasteiger partial charge on any atom is -1.00 e. The van der Waals surface area contributed by atoms with E-state index in [1.165, 1.54) is 55.3 Å². The van der Waals surface area contributed by atoms with Crippen LogP contribution in [0.25, 0.3) is 0 Å². The third kappa shape index (κ3) is 6.97. The van der Waals surface area contributed by atoms with E-state index in [1.54, 1.807) is 0 Å². The van der Waals surface area contributed by atoms with Crippen molar-refractivity contribution in [1.82, 2.24) is 0 Å². The van der Waals surface area contributed by atoms with Gasteiger partial charge in [-0.3, -0.25) is 4.99 Å². The lowest BCUT2D eigenvalue weighted by Crippen LogP contribution is -3.00. The number of aliphatic imine (C=N–C) groups is 1. The maximum absolute atomic E-state index is 4.52. The second-order valence-electron chi connectivity index (χ2n) is 7.66. The van der Waals surface area contributed by atoms with Crippen molar-refractivity contribution in [2.45, 2.75) is 39.5 Å². The molecule has 2 nitrogen and oxygen atoms in total. The fourth-order valence-electron chi connectivity index (χ4n) is 3.61. The molecule has 0 aliphatic carbocycles. The molecule has 2 heterocycles. The van der Waals surface area contributed by atoms with E-state index in [2.05, 4.69) is 215 Å². The fraction of sp³-hybridized carbons (Fsp3) is 0.364. The summed E-state index contributed by atoms with van der Waals surface area (Å²) in [7, 11) is 2.17. The minimum atomic E-state index is 0. The van der Waals surface area contributed by atoms with Crippen LogP contribution in [0, 0.1) is 21.4 Å². The number of halogens is 8. The molecule has 2 aromatic carbocycles. The zero-order valence-electron chi connectivity index (χ0n) is 18.3. The highest BCUT2D eigenvalue weighted by molar-refractivity contribution is 14.1. The van der Waals surface area contributed by atoms with Crippen LogP contribution in [-0.2, 0) is 11.8 Å². The number of hydrogen-bond acceptors (Lipinski definition) is 1. The first kappa shape index (κ1) is 33.6. The molecule has 0 amide bonds. The summed E-state index contributed by atoms with van der Waals surface area (Å²) < 4.78 is 10.5. The van der Waals surface area contributed by atoms with Crippen molar-refractivity contribution in [2.24, 2.45) is 4.99 Å². The number of hydrogen-bond donors (Lipinski definition) is 0. The van der Waals surface area contributed by atoms with Crippen LogP contribution >= 0.6 is 158 Å². The van der Waals surface area contributed by atoms with Gasteiger partial charge in [-0.2, -0.15) is 0 Å². The second kappa shape index (κ2) is 14.1. The highest BCUT2D eigenvalue weighted by Gasteiger charge is 2.44. The number of alkyl halides is 1. The largest absolute Gasteiger partial charge is 1.00 e. The number of fused-ring (bicyclic) bond motifs is 2. The zero-order valence-corrected chi connectivity index (χ0v) is 35.5. The molecule has 2 aliphatic heterocycles. The molecule has 4 rings (SSSR count). The normalized spacial score (nSPS) is 15.0. The van der Waals surface area contributed by atoms with Crippen molar-refractivity contribution in [2.75, 3.05) is 12.0 Å². The maximum Gasteiger partial charge on any atom is 0.211 e. The van der Waals surface area contributed by atoms with E-state index >= 15 is 0 Å². The van der Waals surface area contributed by atoms with Crippen molar-refractivity contribution in [3.8, 4) is 0 Å². The molecule has 0 unspecified atom stereocenters. The molecule has 0 bridgehead atoms. The Morgan fingerprint density at radius 3 is 1.91 bits per heavy atom. The molecular weight excluding hydrogens is 1310 g/mol. The standard InChI is InChI=1S/C12H13I3N.C9H6I3N.CH3I.HI/c1-6-12(2,3)9-8(16(6)4)5-7(13)10(14)11(9)15;1-4-2-5-7(13-4)3-6(10)9(12)8(5)11;1-2;/h5H,1-4H3;3H,2H2,1H3;1H3;1H/q+1;;;/p-1. The van der Waals surface area contributed by atoms with Crippen LogP contribution in [0.4, 0.5) is 11.4 Å². The van der Waals surface area contributed by atoms with E-state index < -0.39 is 0 Å². The summed E-state index contributed by atoms with van der Waals surface area (Å²) >= 11 is 16.7. The van der Waals surface area contributed by atoms with Crippen LogP contribution in [0.5, 0.6) is 0 Å². The van der Waals surface area contributed by atoms with Crippen LogP contribution < -0.4 is 24.0 Å². The molecular formula is C22H22I8N2. The maximum atomic E-state index is 4.52. The van der Waals surface area contributed by atoms with E-state index in [9.17, 15) is 0 Å². The predicted molar refractivity (Wildman–Crippen MR) is 195 cm³/mol. The van der Waals surface area contributed by atoms with Gasteiger partial charge in [0.2, 0.25) is 5.69 Å². The van der Waals surface area contributed by atoms with Gasteiger partial charge in [-0.25, -0.2) is 4.58 Å². The van der Waals surface area contributed by atoms with Gasteiger partial charge in [-0.15, -0.1) is 0 Å². The number of benzene rings is 2. The smallest absolute Gasteiger partial charge is 0.211 e. The average molecular weight is 1330 g/mol. The highest BCUT2D eigenvalue weighted by atomic mass is 127. The molecule has 176 valence electrons. The second-order valence-corrected chi connectivity index (χ2v) is 14.3. The van der Waals surface area contributed by atoms with Gasteiger partial charge in [0, 0.05) is 46.5 Å². The first-order valence-electron chi connectivity index (χ1n) is 9.22. The monoisotopic (exact) mass is 1330 g/mol. The molecule has 0 saturated heterocycles. The van der Waals surface area contributed by atoms with Gasteiger partial charge in [0.25, 0.3) is 0 Å². The van der Waals surface area contributed by atoms with E-state index in [0.29, 0.717) is 0 Å². The van der Waals surface area contributed by atoms with Crippen LogP contribution in [0.3, 0.4) is 0 Å². The summed E-state index contributed by atoms with van der Waals surface area (Å²) in [5.74, 6) is 0. The summed E-state index contributed by atoms with van der Waals surface area (Å²) in [6.45, 7) is 8.96. The fourth-order valence-corrected chi connectivity index (χ4v) is 8.68. The average Bonchev–Trinajstić information content (AvgIpc) is 3.17. The Balaban J connectivity index is 0.000000293. The van der Waals surface area contributed by atoms with Gasteiger partial charge in [0.05, 0.1) is 16.7 Å². The number of rotatable bonds is 0. The zero-order chi connectivity index (χ0) is 23.8. The molecule has 32 heavy (non-hydrogen) atoms. The molecule has 0 saturated carbocycles. The van der Waals surface area contributed by atoms with Gasteiger partial charge in [-0.1, -0.05) is 22.6 Å². The van der Waals surface area contributed by atoms with Gasteiger partial charge in [0.15, 0.2) is 5.71 Å². The number of nitrogens with zero attached hydrogens (tertiary/aromatic N) is 2. The van der Waals surface area contributed by atoms with E-state index in [-0.39, 0.29) is 29.4 Å². The molecule has 2 aliphatic rings. The minimum absolute atomic E-state index is 0. The predicted octanol–water partition coefficient (Wildman–Crippen LogP) is 6.73. The van der Waals surface area contributed by atoms with E-state index in [1.807, 2.05) is 4.93 Å². The Bertz CT molecular complexity index is 1100. The molecule has 2 aromatic rings. The van der Waals surface area contributed by atoms with E-state index in [0.717, 1.165) is 6.42 Å². The molecule has 0 radical (unpaired) electrons. The Morgan fingerprint density at radius 1 is 0.844 bits per heavy atom. The van der Waals surface area contributed by atoms with Crippen molar-refractivity contribution < 1.29 is 28.6 Å². The molecule has 0 fully saturated rings. The quantitative estimate of drug-likeness (QED) is 0.121. The Kier molecular flexibility index (Phi) is 14.9. The topological polar surface area (TPSA) is 15.4 Å². The van der Waals surface area contributed by atoms with E-state index in [4.69, 9.17) is 0 Å². The lowest BCUT2D eigenvalue weighted by molar-refractivity contribution is -0.403. The van der Waals surface area contributed by atoms with Gasteiger partial charge in [-0.05, 0) is 173 Å².